The molecular weight excluding hydrogens is 588 g/mol. The van der Waals surface area contributed by atoms with Gasteiger partial charge in [0.15, 0.2) is 0 Å². The lowest BCUT2D eigenvalue weighted by Gasteiger charge is -2.40. The number of carbonyl (C=O) groups excluding carboxylic acids is 1. The first kappa shape index (κ1) is 34.2. The zero-order valence-electron chi connectivity index (χ0n) is 26.9. The van der Waals surface area contributed by atoms with Crippen LogP contribution in [0, 0.1) is 0 Å². The molecule has 0 saturated carbocycles. The Morgan fingerprint density at radius 1 is 1.10 bits per heavy atom. The summed E-state index contributed by atoms with van der Waals surface area (Å²) in [4.78, 5) is 28.9. The van der Waals surface area contributed by atoms with Crippen molar-refractivity contribution in [2.75, 3.05) is 18.5 Å². The van der Waals surface area contributed by atoms with Crippen molar-refractivity contribution in [1.29, 1.82) is 0 Å². The predicted molar refractivity (Wildman–Crippen MR) is 170 cm³/mol. The molecule has 0 saturated heterocycles. The molecule has 0 aliphatic heterocycles. The van der Waals surface area contributed by atoms with E-state index in [1.54, 1.807) is 11.1 Å². The lowest BCUT2D eigenvalue weighted by molar-refractivity contribution is -0.00351. The summed E-state index contributed by atoms with van der Waals surface area (Å²) in [5.41, 5.74) is 0.383. The van der Waals surface area contributed by atoms with Crippen LogP contribution in [-0.4, -0.2) is 68.9 Å². The number of anilines is 1. The van der Waals surface area contributed by atoms with Crippen LogP contribution in [0.2, 0.25) is 25.7 Å². The first-order chi connectivity index (χ1) is 18.1. The first-order valence-corrected chi connectivity index (χ1v) is 18.5. The summed E-state index contributed by atoms with van der Waals surface area (Å²) < 4.78 is 14.7. The number of nitrogens with zero attached hydrogens (tertiary/aromatic N) is 5. The van der Waals surface area contributed by atoms with E-state index in [9.17, 15) is 4.79 Å². The highest BCUT2D eigenvalue weighted by Gasteiger charge is 2.34. The topological polar surface area (TPSA) is 94.4 Å². The lowest BCUT2D eigenvalue weighted by Crippen LogP contribution is -2.54. The summed E-state index contributed by atoms with van der Waals surface area (Å²) in [6.07, 6.45) is 1.39. The van der Waals surface area contributed by atoms with Crippen LogP contribution in [0.15, 0.2) is 16.9 Å². The molecule has 1 amide bonds. The molecule has 0 bridgehead atoms. The van der Waals surface area contributed by atoms with Crippen LogP contribution in [0.4, 0.5) is 10.7 Å². The average molecular weight is 640 g/mol. The van der Waals surface area contributed by atoms with Crippen molar-refractivity contribution in [3.63, 3.8) is 0 Å². The number of hydrogen-bond donors (Lipinski definition) is 1. The molecule has 0 radical (unpaired) electrons. The van der Waals surface area contributed by atoms with Crippen molar-refractivity contribution in [3.05, 3.63) is 22.7 Å². The zero-order chi connectivity index (χ0) is 30.7. The maximum Gasteiger partial charge on any atom is 0.411 e. The van der Waals surface area contributed by atoms with E-state index in [-0.39, 0.29) is 17.6 Å². The van der Waals surface area contributed by atoms with Crippen LogP contribution in [0.25, 0.3) is 11.4 Å². The van der Waals surface area contributed by atoms with E-state index >= 15 is 0 Å². The van der Waals surface area contributed by atoms with Gasteiger partial charge in [0.2, 0.25) is 5.95 Å². The van der Waals surface area contributed by atoms with Crippen molar-refractivity contribution in [1.82, 2.24) is 24.4 Å². The van der Waals surface area contributed by atoms with Gasteiger partial charge in [0.1, 0.15) is 28.5 Å². The summed E-state index contributed by atoms with van der Waals surface area (Å²) in [5, 5.41) is 3.33. The van der Waals surface area contributed by atoms with Crippen molar-refractivity contribution in [3.8, 4) is 11.4 Å². The number of nitrogens with one attached hydrogen (secondary N) is 1. The molecule has 40 heavy (non-hydrogen) atoms. The van der Waals surface area contributed by atoms with Gasteiger partial charge >= 0.3 is 6.09 Å². The summed E-state index contributed by atoms with van der Waals surface area (Å²) in [5.74, 6) is 1.39. The molecule has 2 rings (SSSR count). The standard InChI is InChI=1S/C29H51BrN6O3Si/c1-20(36(28(5,6)7)26(37)39-29(8,9)10)18-32-25-31-15-14-21(33-25)22-23(30)34-24(27(2,3)4)35(22)19-38-16-17-40(11,12)13/h14-15,20H,16-19H2,1-13H3,(H,31,32,33). The van der Waals surface area contributed by atoms with E-state index in [0.29, 0.717) is 30.4 Å². The molecule has 2 aromatic heterocycles. The monoisotopic (exact) mass is 638 g/mol. The van der Waals surface area contributed by atoms with E-state index in [4.69, 9.17) is 19.4 Å². The van der Waals surface area contributed by atoms with E-state index in [2.05, 4.69) is 71.2 Å². The van der Waals surface area contributed by atoms with Crippen LogP contribution in [-0.2, 0) is 21.6 Å². The number of aromatic nitrogens is 4. The Hall–Kier alpha value is -1.98. The zero-order valence-corrected chi connectivity index (χ0v) is 29.5. The molecule has 2 heterocycles. The van der Waals surface area contributed by atoms with Crippen LogP contribution in [0.3, 0.4) is 0 Å². The normalized spacial score (nSPS) is 13.8. The molecule has 2 aromatic rings. The third-order valence-electron chi connectivity index (χ3n) is 6.02. The third-order valence-corrected chi connectivity index (χ3v) is 8.28. The van der Waals surface area contributed by atoms with Gasteiger partial charge in [0, 0.05) is 38.4 Å². The molecule has 1 unspecified atom stereocenters. The fraction of sp³-hybridized carbons (Fsp3) is 0.724. The second-order valence-electron chi connectivity index (χ2n) is 14.6. The lowest BCUT2D eigenvalue weighted by atomic mass is 9.96. The van der Waals surface area contributed by atoms with Gasteiger partial charge in [-0.15, -0.1) is 0 Å². The Bertz CT molecular complexity index is 1140. The highest BCUT2D eigenvalue weighted by molar-refractivity contribution is 9.10. The molecule has 11 heteroatoms. The molecule has 1 atom stereocenters. The number of ether oxygens (including phenoxy) is 2. The molecule has 9 nitrogen and oxygen atoms in total. The molecule has 1 N–H and O–H groups in total. The van der Waals surface area contributed by atoms with Crippen LogP contribution in [0.5, 0.6) is 0 Å². The molecule has 0 aliphatic carbocycles. The highest BCUT2D eigenvalue weighted by atomic mass is 79.9. The first-order valence-electron chi connectivity index (χ1n) is 14.0. The van der Waals surface area contributed by atoms with Gasteiger partial charge in [-0.05, 0) is 76.5 Å². The number of hydrogen-bond acceptors (Lipinski definition) is 7. The Morgan fingerprint density at radius 2 is 1.73 bits per heavy atom. The molecule has 226 valence electrons. The molecule has 0 fully saturated rings. The van der Waals surface area contributed by atoms with Gasteiger partial charge < -0.3 is 19.4 Å². The second kappa shape index (κ2) is 12.9. The van der Waals surface area contributed by atoms with Crippen molar-refractivity contribution < 1.29 is 14.3 Å². The van der Waals surface area contributed by atoms with E-state index in [1.807, 2.05) is 54.5 Å². The minimum Gasteiger partial charge on any atom is -0.444 e. The number of carbonyl (C=O) groups is 1. The van der Waals surface area contributed by atoms with Crippen LogP contribution >= 0.6 is 15.9 Å². The molecule has 0 spiro atoms. The number of rotatable bonds is 10. The summed E-state index contributed by atoms with van der Waals surface area (Å²) in [6, 6.07) is 2.80. The molecular formula is C29H51BrN6O3Si. The maximum absolute atomic E-state index is 13.0. The summed E-state index contributed by atoms with van der Waals surface area (Å²) in [7, 11) is -1.20. The Labute approximate surface area is 251 Å². The van der Waals surface area contributed by atoms with E-state index in [0.717, 1.165) is 23.3 Å². The van der Waals surface area contributed by atoms with Gasteiger partial charge in [-0.25, -0.2) is 19.7 Å². The van der Waals surface area contributed by atoms with Gasteiger partial charge in [-0.3, -0.25) is 4.90 Å². The Kier molecular flexibility index (Phi) is 11.0. The molecule has 0 aromatic carbocycles. The fourth-order valence-corrected chi connectivity index (χ4v) is 5.57. The van der Waals surface area contributed by atoms with Gasteiger partial charge in [0.05, 0.1) is 11.7 Å². The largest absolute Gasteiger partial charge is 0.444 e. The van der Waals surface area contributed by atoms with E-state index < -0.39 is 19.2 Å². The van der Waals surface area contributed by atoms with Crippen LogP contribution in [0.1, 0.15) is 75.1 Å². The smallest absolute Gasteiger partial charge is 0.411 e. The SMILES string of the molecule is CC(CNc1nccc(-c2c(Br)nc(C(C)(C)C)n2COCC[Si](C)(C)C)n1)N(C(=O)OC(C)(C)C)C(C)(C)C. The predicted octanol–water partition coefficient (Wildman–Crippen LogP) is 7.55. The number of halogens is 1. The summed E-state index contributed by atoms with van der Waals surface area (Å²) >= 11 is 3.69. The van der Waals surface area contributed by atoms with E-state index in [1.165, 1.54) is 0 Å². The number of amides is 1. The quantitative estimate of drug-likeness (QED) is 0.212. The Morgan fingerprint density at radius 3 is 2.25 bits per heavy atom. The fourth-order valence-electron chi connectivity index (χ4n) is 4.23. The van der Waals surface area contributed by atoms with Gasteiger partial charge in [0.25, 0.3) is 0 Å². The molecule has 0 aliphatic rings. The van der Waals surface area contributed by atoms with Crippen molar-refractivity contribution >= 4 is 36.0 Å². The Balaban J connectivity index is 2.31. The average Bonchev–Trinajstić information content (AvgIpc) is 3.09. The van der Waals surface area contributed by atoms with Crippen molar-refractivity contribution in [2.45, 2.75) is 124 Å². The van der Waals surface area contributed by atoms with Crippen molar-refractivity contribution in [2.24, 2.45) is 0 Å². The third kappa shape index (κ3) is 10.1. The van der Waals surface area contributed by atoms with Gasteiger partial charge in [-0.1, -0.05) is 40.4 Å². The van der Waals surface area contributed by atoms with Gasteiger partial charge in [-0.2, -0.15) is 0 Å². The number of imidazole rings is 1. The minimum absolute atomic E-state index is 0.174. The maximum atomic E-state index is 13.0. The summed E-state index contributed by atoms with van der Waals surface area (Å²) in [6.45, 7) is 28.7. The second-order valence-corrected chi connectivity index (χ2v) is 21.0. The minimum atomic E-state index is -1.20. The highest BCUT2D eigenvalue weighted by Crippen LogP contribution is 2.33. The van der Waals surface area contributed by atoms with Crippen LogP contribution < -0.4 is 5.32 Å².